The third-order valence-electron chi connectivity index (χ3n) is 10.5. The molecular weight excluding hydrogens is 582 g/mol. The number of hydrogen-bond acceptors (Lipinski definition) is 5. The van der Waals surface area contributed by atoms with Crippen LogP contribution in [-0.4, -0.2) is 61.7 Å². The summed E-state index contributed by atoms with van der Waals surface area (Å²) in [6, 6.07) is 15.3. The molecule has 3 aromatic rings. The number of fused-ring (bicyclic) bond motifs is 1. The van der Waals surface area contributed by atoms with Gasteiger partial charge in [0.1, 0.15) is 23.9 Å². The topological polar surface area (TPSA) is 34.2 Å². The number of halogens is 2. The first kappa shape index (κ1) is 32.8. The molecule has 0 saturated carbocycles. The number of nitrogens with zero attached hydrogens (tertiary/aromatic N) is 2. The number of rotatable bonds is 12. The lowest BCUT2D eigenvalue weighted by atomic mass is 9.93. The Morgan fingerprint density at radius 3 is 2.41 bits per heavy atom. The van der Waals surface area contributed by atoms with E-state index in [1.54, 1.807) is 7.11 Å². The second-order valence-electron chi connectivity index (χ2n) is 13.6. The van der Waals surface area contributed by atoms with Crippen LogP contribution in [0.3, 0.4) is 0 Å². The minimum atomic E-state index is -2.55. The summed E-state index contributed by atoms with van der Waals surface area (Å²) in [5.74, 6) is 0.192. The van der Waals surface area contributed by atoms with E-state index in [2.05, 4.69) is 56.0 Å². The molecule has 0 unspecified atom stereocenters. The zero-order chi connectivity index (χ0) is 32.3. The lowest BCUT2D eigenvalue weighted by Gasteiger charge is -2.34. The SMILES string of the molecule is COc1cc(OCc2cccc(-c3cccc(OCCCN4CCC(F)(F)C4)c3C)c2C)c2c(c1CN1CCCC[C@H]1C)CCC2. The van der Waals surface area contributed by atoms with Crippen molar-refractivity contribution in [2.45, 2.75) is 97.3 Å². The quantitative estimate of drug-likeness (QED) is 0.187. The molecule has 2 aliphatic heterocycles. The minimum Gasteiger partial charge on any atom is -0.496 e. The van der Waals surface area contributed by atoms with Crippen molar-refractivity contribution in [3.8, 4) is 28.4 Å². The average Bonchev–Trinajstić information content (AvgIpc) is 3.68. The van der Waals surface area contributed by atoms with Gasteiger partial charge in [-0.15, -0.1) is 0 Å². The summed E-state index contributed by atoms with van der Waals surface area (Å²) in [7, 11) is 1.78. The van der Waals surface area contributed by atoms with E-state index in [0.717, 1.165) is 78.3 Å². The summed E-state index contributed by atoms with van der Waals surface area (Å²) in [6.07, 6.45) is 7.83. The van der Waals surface area contributed by atoms with Gasteiger partial charge in [-0.05, 0) is 111 Å². The fourth-order valence-corrected chi connectivity index (χ4v) is 7.69. The van der Waals surface area contributed by atoms with Gasteiger partial charge in [-0.25, -0.2) is 8.78 Å². The predicted octanol–water partition coefficient (Wildman–Crippen LogP) is 8.53. The molecule has 0 aromatic heterocycles. The molecule has 6 rings (SSSR count). The molecule has 0 spiro atoms. The highest BCUT2D eigenvalue weighted by molar-refractivity contribution is 5.73. The van der Waals surface area contributed by atoms with Crippen molar-refractivity contribution < 1.29 is 23.0 Å². The third-order valence-corrected chi connectivity index (χ3v) is 10.5. The second-order valence-corrected chi connectivity index (χ2v) is 13.6. The Bertz CT molecular complexity index is 1520. The number of ether oxygens (including phenoxy) is 3. The second kappa shape index (κ2) is 14.3. The zero-order valence-corrected chi connectivity index (χ0v) is 28.1. The molecule has 2 fully saturated rings. The van der Waals surface area contributed by atoms with Gasteiger partial charge in [0, 0.05) is 43.7 Å². The van der Waals surface area contributed by atoms with E-state index in [-0.39, 0.29) is 13.0 Å². The fourth-order valence-electron chi connectivity index (χ4n) is 7.69. The molecule has 0 amide bonds. The summed E-state index contributed by atoms with van der Waals surface area (Å²) >= 11 is 0. The van der Waals surface area contributed by atoms with Crippen LogP contribution in [0.4, 0.5) is 8.78 Å². The monoisotopic (exact) mass is 632 g/mol. The highest BCUT2D eigenvalue weighted by Crippen LogP contribution is 2.41. The lowest BCUT2D eigenvalue weighted by Crippen LogP contribution is -2.37. The Balaban J connectivity index is 1.15. The first-order chi connectivity index (χ1) is 22.2. The van der Waals surface area contributed by atoms with Crippen molar-refractivity contribution in [3.05, 3.63) is 75.8 Å². The first-order valence-corrected chi connectivity index (χ1v) is 17.2. The molecule has 7 heteroatoms. The van der Waals surface area contributed by atoms with Crippen molar-refractivity contribution in [2.24, 2.45) is 0 Å². The normalized spacial score (nSPS) is 19.7. The van der Waals surface area contributed by atoms with Gasteiger partial charge in [0.15, 0.2) is 0 Å². The van der Waals surface area contributed by atoms with E-state index in [9.17, 15) is 8.78 Å². The van der Waals surface area contributed by atoms with E-state index in [1.807, 2.05) is 17.0 Å². The summed E-state index contributed by atoms with van der Waals surface area (Å²) < 4.78 is 45.8. The predicted molar refractivity (Wildman–Crippen MR) is 181 cm³/mol. The standard InChI is InChI=1S/C39H50F2N2O3/c1-27-11-5-6-20-43(27)24-35-33-15-8-16-34(33)38(23-37(35)44-4)46-25-30-12-7-13-31(28(30)2)32-14-9-17-36(29(32)3)45-22-10-19-42-21-18-39(40,41)26-42/h7,9,12-14,17,23,27H,5-6,8,10-11,15-16,18-22,24-26H2,1-4H3/t27-/m1/s1. The Kier molecular flexibility index (Phi) is 10.2. The molecule has 46 heavy (non-hydrogen) atoms. The summed E-state index contributed by atoms with van der Waals surface area (Å²) in [4.78, 5) is 4.45. The van der Waals surface area contributed by atoms with Crippen molar-refractivity contribution in [3.63, 3.8) is 0 Å². The van der Waals surface area contributed by atoms with Gasteiger partial charge in [-0.3, -0.25) is 9.80 Å². The molecular formula is C39H50F2N2O3. The van der Waals surface area contributed by atoms with Crippen LogP contribution in [-0.2, 0) is 26.0 Å². The largest absolute Gasteiger partial charge is 0.496 e. The number of piperidine rings is 1. The Morgan fingerprint density at radius 1 is 0.870 bits per heavy atom. The molecule has 3 aliphatic rings. The highest BCUT2D eigenvalue weighted by atomic mass is 19.3. The molecule has 2 saturated heterocycles. The zero-order valence-electron chi connectivity index (χ0n) is 28.1. The number of likely N-dealkylation sites (tertiary alicyclic amines) is 2. The van der Waals surface area contributed by atoms with Gasteiger partial charge in [0.2, 0.25) is 0 Å². The molecule has 1 aliphatic carbocycles. The summed E-state index contributed by atoms with van der Waals surface area (Å²) in [5.41, 5.74) is 9.87. The van der Waals surface area contributed by atoms with E-state index in [4.69, 9.17) is 14.2 Å². The van der Waals surface area contributed by atoms with Crippen LogP contribution in [0.1, 0.15) is 78.8 Å². The van der Waals surface area contributed by atoms with Crippen LogP contribution < -0.4 is 14.2 Å². The fraction of sp³-hybridized carbons (Fsp3) is 0.538. The molecule has 3 aromatic carbocycles. The molecule has 0 radical (unpaired) electrons. The van der Waals surface area contributed by atoms with Gasteiger partial charge in [0.05, 0.1) is 20.3 Å². The maximum Gasteiger partial charge on any atom is 0.261 e. The van der Waals surface area contributed by atoms with Crippen molar-refractivity contribution >= 4 is 0 Å². The number of benzene rings is 3. The van der Waals surface area contributed by atoms with Crippen LogP contribution >= 0.6 is 0 Å². The smallest absolute Gasteiger partial charge is 0.261 e. The third kappa shape index (κ3) is 7.21. The summed E-state index contributed by atoms with van der Waals surface area (Å²) in [5, 5.41) is 0. The molecule has 248 valence electrons. The average molecular weight is 633 g/mol. The van der Waals surface area contributed by atoms with Crippen molar-refractivity contribution in [1.29, 1.82) is 0 Å². The van der Waals surface area contributed by atoms with Gasteiger partial charge in [-0.1, -0.05) is 36.8 Å². The number of methoxy groups -OCH3 is 1. The van der Waals surface area contributed by atoms with Gasteiger partial charge < -0.3 is 14.2 Å². The maximum absolute atomic E-state index is 13.5. The highest BCUT2D eigenvalue weighted by Gasteiger charge is 2.37. The molecule has 5 nitrogen and oxygen atoms in total. The van der Waals surface area contributed by atoms with Gasteiger partial charge >= 0.3 is 0 Å². The molecule has 0 bridgehead atoms. The Hall–Kier alpha value is -3.16. The molecule has 1 atom stereocenters. The van der Waals surface area contributed by atoms with Crippen LogP contribution in [0.2, 0.25) is 0 Å². The van der Waals surface area contributed by atoms with Crippen LogP contribution in [0.15, 0.2) is 42.5 Å². The van der Waals surface area contributed by atoms with Crippen LogP contribution in [0, 0.1) is 13.8 Å². The van der Waals surface area contributed by atoms with Crippen molar-refractivity contribution in [1.82, 2.24) is 9.80 Å². The van der Waals surface area contributed by atoms with Crippen LogP contribution in [0.5, 0.6) is 17.2 Å². The Labute approximate surface area is 273 Å². The minimum absolute atomic E-state index is 0.0423. The van der Waals surface area contributed by atoms with E-state index in [1.165, 1.54) is 41.5 Å². The number of hydrogen-bond donors (Lipinski definition) is 0. The van der Waals surface area contributed by atoms with Gasteiger partial charge in [0.25, 0.3) is 5.92 Å². The van der Waals surface area contributed by atoms with Crippen molar-refractivity contribution in [2.75, 3.05) is 39.9 Å². The van der Waals surface area contributed by atoms with E-state index < -0.39 is 5.92 Å². The first-order valence-electron chi connectivity index (χ1n) is 17.2. The molecule has 2 heterocycles. The molecule has 0 N–H and O–H groups in total. The lowest BCUT2D eigenvalue weighted by molar-refractivity contribution is 0.0118. The summed E-state index contributed by atoms with van der Waals surface area (Å²) in [6.45, 7) is 10.7. The maximum atomic E-state index is 13.5. The van der Waals surface area contributed by atoms with Crippen LogP contribution in [0.25, 0.3) is 11.1 Å². The number of alkyl halides is 2. The van der Waals surface area contributed by atoms with Gasteiger partial charge in [-0.2, -0.15) is 0 Å². The van der Waals surface area contributed by atoms with E-state index >= 15 is 0 Å². The van der Waals surface area contributed by atoms with E-state index in [0.29, 0.717) is 32.3 Å². The Morgan fingerprint density at radius 2 is 1.65 bits per heavy atom.